The van der Waals surface area contributed by atoms with Crippen LogP contribution in [0.3, 0.4) is 0 Å². The second-order valence-electron chi connectivity index (χ2n) is 7.68. The summed E-state index contributed by atoms with van der Waals surface area (Å²) in [4.78, 5) is 22.3. The summed E-state index contributed by atoms with van der Waals surface area (Å²) < 4.78 is 31.7. The summed E-state index contributed by atoms with van der Waals surface area (Å²) in [5.74, 6) is -1.41. The number of piperazine rings is 1. The minimum atomic E-state index is -0.663. The van der Waals surface area contributed by atoms with Crippen molar-refractivity contribution < 1.29 is 13.6 Å². The zero-order valence-corrected chi connectivity index (χ0v) is 17.0. The molecule has 3 aromatic heterocycles. The van der Waals surface area contributed by atoms with Gasteiger partial charge in [0.15, 0.2) is 5.65 Å². The molecule has 1 saturated heterocycles. The number of carbonyl (C=O) groups excluding carboxylic acids is 1. The number of fused-ring (bicyclic) bond motifs is 2. The first-order chi connectivity index (χ1) is 15.0. The topological polar surface area (TPSA) is 75.4 Å². The number of hydrogen-bond donors (Lipinski definition) is 1. The Balaban J connectivity index is 1.61. The summed E-state index contributed by atoms with van der Waals surface area (Å²) in [5.41, 5.74) is 1.32. The van der Waals surface area contributed by atoms with Crippen molar-refractivity contribution >= 4 is 28.3 Å². The molecular weight excluding hydrogens is 402 g/mol. The fraction of sp³-hybridized carbons (Fsp3) is 0.273. The van der Waals surface area contributed by atoms with Gasteiger partial charge in [-0.2, -0.15) is 0 Å². The van der Waals surface area contributed by atoms with E-state index in [4.69, 9.17) is 0 Å². The molecule has 1 aliphatic heterocycles. The van der Waals surface area contributed by atoms with E-state index in [0.29, 0.717) is 30.2 Å². The fourth-order valence-corrected chi connectivity index (χ4v) is 4.14. The quantitative estimate of drug-likeness (QED) is 0.549. The summed E-state index contributed by atoms with van der Waals surface area (Å²) in [7, 11) is 0. The zero-order valence-electron chi connectivity index (χ0n) is 17.0. The van der Waals surface area contributed by atoms with Crippen molar-refractivity contribution in [2.24, 2.45) is 0 Å². The largest absolute Gasteiger partial charge is 0.353 e. The molecule has 1 fully saturated rings. The number of carbonyl (C=O) groups is 1. The van der Waals surface area contributed by atoms with Crippen molar-refractivity contribution in [3.8, 4) is 0 Å². The third kappa shape index (κ3) is 3.08. The molecule has 4 aromatic rings. The van der Waals surface area contributed by atoms with E-state index in [1.165, 1.54) is 12.3 Å². The highest BCUT2D eigenvalue weighted by molar-refractivity contribution is 5.85. The number of imidazole rings is 1. The molecule has 1 N–H and O–H groups in total. The molecule has 0 aliphatic carbocycles. The van der Waals surface area contributed by atoms with Gasteiger partial charge in [-0.3, -0.25) is 9.78 Å². The first kappa shape index (κ1) is 19.3. The van der Waals surface area contributed by atoms with E-state index >= 15 is 4.39 Å². The van der Waals surface area contributed by atoms with Crippen molar-refractivity contribution in [1.29, 1.82) is 0 Å². The molecular formula is C22H20F2N6O. The molecule has 2 atom stereocenters. The van der Waals surface area contributed by atoms with Crippen molar-refractivity contribution in [2.75, 3.05) is 18.0 Å². The smallest absolute Gasteiger partial charge is 0.242 e. The third-order valence-corrected chi connectivity index (χ3v) is 5.88. The molecule has 0 radical (unpaired) electrons. The minimum Gasteiger partial charge on any atom is -0.353 e. The molecule has 0 bridgehead atoms. The number of aromatic nitrogens is 4. The normalized spacial score (nSPS) is 17.9. The van der Waals surface area contributed by atoms with Gasteiger partial charge in [0.1, 0.15) is 23.5 Å². The molecule has 0 saturated carbocycles. The molecule has 0 spiro atoms. The Morgan fingerprint density at radius 3 is 2.90 bits per heavy atom. The number of halogens is 2. The van der Waals surface area contributed by atoms with Crippen LogP contribution in [0.2, 0.25) is 0 Å². The Morgan fingerprint density at radius 1 is 1.23 bits per heavy atom. The Hall–Kier alpha value is -3.62. The standard InChI is InChI=1S/C22H20F2N6O/c1-12(20-15(23)10-16-14(21(20)24)4-3-7-25-16)17-11-27-18-5-6-19(28-30(17)18)29-9-8-26-22(31)13(29)2/h3-7,10-13H,8-9H2,1-2H3,(H,26,31)/t12-,13-/m1/s1. The SMILES string of the molecule is C[C@@H](c1c(F)cc2ncccc2c1F)c1cnc2ccc(N3CCNC(=O)[C@H]3C)nn12. The summed E-state index contributed by atoms with van der Waals surface area (Å²) in [5, 5.41) is 7.75. The second-order valence-corrected chi connectivity index (χ2v) is 7.68. The lowest BCUT2D eigenvalue weighted by molar-refractivity contribution is -0.122. The van der Waals surface area contributed by atoms with E-state index < -0.39 is 17.6 Å². The number of anilines is 1. The average molecular weight is 422 g/mol. The van der Waals surface area contributed by atoms with E-state index in [1.807, 2.05) is 11.8 Å². The molecule has 7 nitrogen and oxygen atoms in total. The number of rotatable bonds is 3. The fourth-order valence-electron chi connectivity index (χ4n) is 4.14. The molecule has 31 heavy (non-hydrogen) atoms. The maximum absolute atomic E-state index is 15.3. The number of benzene rings is 1. The molecule has 5 rings (SSSR count). The van der Waals surface area contributed by atoms with Crippen LogP contribution in [0, 0.1) is 11.6 Å². The van der Waals surface area contributed by atoms with Crippen molar-refractivity contribution in [1.82, 2.24) is 24.9 Å². The summed E-state index contributed by atoms with van der Waals surface area (Å²) in [6, 6.07) is 7.67. The lowest BCUT2D eigenvalue weighted by Gasteiger charge is -2.33. The van der Waals surface area contributed by atoms with Crippen LogP contribution in [-0.2, 0) is 4.79 Å². The van der Waals surface area contributed by atoms with E-state index in [9.17, 15) is 9.18 Å². The van der Waals surface area contributed by atoms with Gasteiger partial charge < -0.3 is 10.2 Å². The Kier molecular flexibility index (Phi) is 4.53. The number of hydrogen-bond acceptors (Lipinski definition) is 5. The molecule has 158 valence electrons. The molecule has 1 aliphatic rings. The molecule has 9 heteroatoms. The summed E-state index contributed by atoms with van der Waals surface area (Å²) >= 11 is 0. The Morgan fingerprint density at radius 2 is 2.06 bits per heavy atom. The van der Waals surface area contributed by atoms with Gasteiger partial charge >= 0.3 is 0 Å². The van der Waals surface area contributed by atoms with Crippen LogP contribution in [0.4, 0.5) is 14.6 Å². The van der Waals surface area contributed by atoms with Gasteiger partial charge in [-0.15, -0.1) is 5.10 Å². The highest BCUT2D eigenvalue weighted by atomic mass is 19.1. The maximum atomic E-state index is 15.3. The molecule has 1 amide bonds. The lowest BCUT2D eigenvalue weighted by Crippen LogP contribution is -2.54. The van der Waals surface area contributed by atoms with Crippen molar-refractivity contribution in [3.05, 3.63) is 65.6 Å². The number of amides is 1. The van der Waals surface area contributed by atoms with E-state index in [-0.39, 0.29) is 28.4 Å². The van der Waals surface area contributed by atoms with E-state index in [0.717, 1.165) is 0 Å². The van der Waals surface area contributed by atoms with E-state index in [2.05, 4.69) is 20.4 Å². The first-order valence-electron chi connectivity index (χ1n) is 10.1. The van der Waals surface area contributed by atoms with Crippen molar-refractivity contribution in [2.45, 2.75) is 25.8 Å². The predicted octanol–water partition coefficient (Wildman–Crippen LogP) is 3.03. The summed E-state index contributed by atoms with van der Waals surface area (Å²) in [6.45, 7) is 4.67. The van der Waals surface area contributed by atoms with Gasteiger partial charge in [0.05, 0.1) is 17.4 Å². The minimum absolute atomic E-state index is 0.0554. The molecule has 0 unspecified atom stereocenters. The van der Waals surface area contributed by atoms with Gasteiger partial charge in [0.25, 0.3) is 0 Å². The van der Waals surface area contributed by atoms with Gasteiger partial charge in [0, 0.05) is 42.2 Å². The van der Waals surface area contributed by atoms with Gasteiger partial charge in [-0.1, -0.05) is 6.92 Å². The van der Waals surface area contributed by atoms with Crippen LogP contribution in [0.1, 0.15) is 31.0 Å². The lowest BCUT2D eigenvalue weighted by atomic mass is 9.95. The third-order valence-electron chi connectivity index (χ3n) is 5.88. The second kappa shape index (κ2) is 7.26. The average Bonchev–Trinajstić information content (AvgIpc) is 3.19. The number of nitrogens with one attached hydrogen (secondary N) is 1. The van der Waals surface area contributed by atoms with Crippen LogP contribution < -0.4 is 10.2 Å². The van der Waals surface area contributed by atoms with Crippen LogP contribution in [0.15, 0.2) is 42.7 Å². The number of pyridine rings is 1. The monoisotopic (exact) mass is 422 g/mol. The predicted molar refractivity (Wildman–Crippen MR) is 112 cm³/mol. The highest BCUT2D eigenvalue weighted by Gasteiger charge is 2.28. The van der Waals surface area contributed by atoms with Crippen LogP contribution in [0.25, 0.3) is 16.6 Å². The molecule has 4 heterocycles. The Bertz CT molecular complexity index is 1320. The van der Waals surface area contributed by atoms with Crippen LogP contribution in [-0.4, -0.2) is 44.6 Å². The highest BCUT2D eigenvalue weighted by Crippen LogP contribution is 2.33. The zero-order chi connectivity index (χ0) is 21.7. The van der Waals surface area contributed by atoms with Crippen LogP contribution >= 0.6 is 0 Å². The molecule has 1 aromatic carbocycles. The van der Waals surface area contributed by atoms with E-state index in [1.54, 1.807) is 41.9 Å². The van der Waals surface area contributed by atoms with Gasteiger partial charge in [-0.05, 0) is 31.2 Å². The van der Waals surface area contributed by atoms with Gasteiger partial charge in [-0.25, -0.2) is 18.3 Å². The Labute approximate surface area is 176 Å². The number of nitrogens with zero attached hydrogens (tertiary/aromatic N) is 5. The first-order valence-corrected chi connectivity index (χ1v) is 10.1. The maximum Gasteiger partial charge on any atom is 0.242 e. The summed E-state index contributed by atoms with van der Waals surface area (Å²) in [6.07, 6.45) is 3.08. The van der Waals surface area contributed by atoms with Crippen LogP contribution in [0.5, 0.6) is 0 Å². The van der Waals surface area contributed by atoms with Gasteiger partial charge in [0.2, 0.25) is 5.91 Å². The van der Waals surface area contributed by atoms with Crippen molar-refractivity contribution in [3.63, 3.8) is 0 Å².